The van der Waals surface area contributed by atoms with E-state index in [4.69, 9.17) is 0 Å². The van der Waals surface area contributed by atoms with Crippen molar-refractivity contribution in [1.82, 2.24) is 4.90 Å². The lowest BCUT2D eigenvalue weighted by atomic mass is 9.88. The summed E-state index contributed by atoms with van der Waals surface area (Å²) in [5.74, 6) is 0.331. The van der Waals surface area contributed by atoms with E-state index in [1.54, 1.807) is 13.8 Å². The van der Waals surface area contributed by atoms with Crippen LogP contribution < -0.4 is 5.32 Å². The van der Waals surface area contributed by atoms with Gasteiger partial charge >= 0.3 is 0 Å². The number of nitrogens with one attached hydrogen (secondary N) is 1. The molecule has 1 fully saturated rings. The summed E-state index contributed by atoms with van der Waals surface area (Å²) < 4.78 is 0. The number of aryl methyl sites for hydroxylation is 1. The van der Waals surface area contributed by atoms with Crippen LogP contribution >= 0.6 is 0 Å². The molecule has 4 nitrogen and oxygen atoms in total. The second kappa shape index (κ2) is 6.51. The Hall–Kier alpha value is -1.84. The van der Waals surface area contributed by atoms with Crippen molar-refractivity contribution in [1.29, 1.82) is 0 Å². The van der Waals surface area contributed by atoms with Gasteiger partial charge in [0, 0.05) is 18.8 Å². The Bertz CT molecular complexity index is 541. The lowest BCUT2D eigenvalue weighted by Gasteiger charge is -2.35. The third-order valence-electron chi connectivity index (χ3n) is 4.48. The van der Waals surface area contributed by atoms with Crippen LogP contribution in [0.15, 0.2) is 24.3 Å². The summed E-state index contributed by atoms with van der Waals surface area (Å²) in [4.78, 5) is 27.0. The zero-order valence-corrected chi connectivity index (χ0v) is 14.0. The molecule has 0 aliphatic carbocycles. The molecule has 2 amide bonds. The Morgan fingerprint density at radius 1 is 1.14 bits per heavy atom. The quantitative estimate of drug-likeness (QED) is 0.872. The molecule has 0 bridgehead atoms. The minimum atomic E-state index is -1.05. The van der Waals surface area contributed by atoms with Gasteiger partial charge in [-0.25, -0.2) is 0 Å². The van der Waals surface area contributed by atoms with Crippen LogP contribution in [0.1, 0.15) is 39.2 Å². The van der Waals surface area contributed by atoms with Gasteiger partial charge in [-0.3, -0.25) is 9.59 Å². The van der Waals surface area contributed by atoms with Crippen LogP contribution in [0.3, 0.4) is 0 Å². The molecule has 0 spiro atoms. The molecule has 0 unspecified atom stereocenters. The van der Waals surface area contributed by atoms with E-state index in [9.17, 15) is 9.59 Å². The zero-order chi connectivity index (χ0) is 16.3. The van der Waals surface area contributed by atoms with Gasteiger partial charge in [-0.15, -0.1) is 0 Å². The number of hydrogen-bond donors (Lipinski definition) is 1. The topological polar surface area (TPSA) is 49.4 Å². The van der Waals surface area contributed by atoms with Crippen LogP contribution in [-0.2, 0) is 9.59 Å². The number of carbonyl (C=O) groups excluding carboxylic acids is 2. The summed E-state index contributed by atoms with van der Waals surface area (Å²) in [6, 6.07) is 7.60. The fourth-order valence-electron chi connectivity index (χ4n) is 2.63. The predicted molar refractivity (Wildman–Crippen MR) is 88.6 cm³/mol. The highest BCUT2D eigenvalue weighted by Crippen LogP contribution is 2.25. The number of nitrogens with zero attached hydrogens (tertiary/aromatic N) is 1. The van der Waals surface area contributed by atoms with Crippen molar-refractivity contribution in [3.63, 3.8) is 0 Å². The maximum absolute atomic E-state index is 12.7. The zero-order valence-electron chi connectivity index (χ0n) is 14.0. The standard InChI is InChI=1S/C18H26N2O2/c1-13-5-7-15(8-6-13)19-16(21)18(3,4)17(22)20-11-9-14(2)10-12-20/h5-8,14H,9-12H2,1-4H3,(H,19,21). The average Bonchev–Trinajstić information content (AvgIpc) is 2.49. The summed E-state index contributed by atoms with van der Waals surface area (Å²) in [5, 5.41) is 2.85. The fraction of sp³-hybridized carbons (Fsp3) is 0.556. The Labute approximate surface area is 132 Å². The van der Waals surface area contributed by atoms with Gasteiger partial charge in [0.05, 0.1) is 0 Å². The van der Waals surface area contributed by atoms with Crippen molar-refractivity contribution in [2.45, 2.75) is 40.5 Å². The predicted octanol–water partition coefficient (Wildman–Crippen LogP) is 3.22. The minimum absolute atomic E-state index is 0.0796. The molecule has 1 aromatic rings. The van der Waals surface area contributed by atoms with Crippen molar-refractivity contribution >= 4 is 17.5 Å². The van der Waals surface area contributed by atoms with E-state index in [0.29, 0.717) is 5.92 Å². The third-order valence-corrected chi connectivity index (χ3v) is 4.48. The summed E-state index contributed by atoms with van der Waals surface area (Å²) in [6.45, 7) is 9.11. The van der Waals surface area contributed by atoms with Crippen LogP contribution in [0, 0.1) is 18.3 Å². The first kappa shape index (κ1) is 16.5. The van der Waals surface area contributed by atoms with E-state index in [-0.39, 0.29) is 11.8 Å². The maximum atomic E-state index is 12.7. The van der Waals surface area contributed by atoms with Gasteiger partial charge in [0.2, 0.25) is 11.8 Å². The molecule has 1 aliphatic rings. The molecule has 1 saturated heterocycles. The Morgan fingerprint density at radius 3 is 2.23 bits per heavy atom. The summed E-state index contributed by atoms with van der Waals surface area (Å²) in [6.07, 6.45) is 2.03. The van der Waals surface area contributed by atoms with Crippen molar-refractivity contribution < 1.29 is 9.59 Å². The number of hydrogen-bond acceptors (Lipinski definition) is 2. The summed E-state index contributed by atoms with van der Waals surface area (Å²) in [7, 11) is 0. The highest BCUT2D eigenvalue weighted by atomic mass is 16.2. The number of anilines is 1. The van der Waals surface area contributed by atoms with Crippen LogP contribution in [0.25, 0.3) is 0 Å². The average molecular weight is 302 g/mol. The number of piperidine rings is 1. The van der Waals surface area contributed by atoms with Gasteiger partial charge < -0.3 is 10.2 Å². The number of rotatable bonds is 3. The Balaban J connectivity index is 2.03. The van der Waals surface area contributed by atoms with Crippen LogP contribution in [0.5, 0.6) is 0 Å². The summed E-state index contributed by atoms with van der Waals surface area (Å²) >= 11 is 0. The molecule has 1 aliphatic heterocycles. The lowest BCUT2D eigenvalue weighted by molar-refractivity contribution is -0.147. The molecule has 0 saturated carbocycles. The first-order valence-electron chi connectivity index (χ1n) is 7.98. The molecular formula is C18H26N2O2. The Kier molecular flexibility index (Phi) is 4.89. The Morgan fingerprint density at radius 2 is 1.68 bits per heavy atom. The molecular weight excluding hydrogens is 276 g/mol. The molecule has 1 N–H and O–H groups in total. The van der Waals surface area contributed by atoms with Gasteiger partial charge in [0.1, 0.15) is 5.41 Å². The van der Waals surface area contributed by atoms with Crippen LogP contribution in [0.4, 0.5) is 5.69 Å². The van der Waals surface area contributed by atoms with Crippen molar-refractivity contribution in [3.05, 3.63) is 29.8 Å². The van der Waals surface area contributed by atoms with E-state index in [0.717, 1.165) is 37.2 Å². The van der Waals surface area contributed by atoms with E-state index in [2.05, 4.69) is 12.2 Å². The third kappa shape index (κ3) is 3.67. The fourth-order valence-corrected chi connectivity index (χ4v) is 2.63. The molecule has 0 radical (unpaired) electrons. The lowest BCUT2D eigenvalue weighted by Crippen LogP contribution is -2.49. The molecule has 0 aromatic heterocycles. The van der Waals surface area contributed by atoms with Gasteiger partial charge in [0.25, 0.3) is 0 Å². The highest BCUT2D eigenvalue weighted by molar-refractivity contribution is 6.09. The molecule has 1 aromatic carbocycles. The number of benzene rings is 1. The van der Waals surface area contributed by atoms with Gasteiger partial charge in [-0.2, -0.15) is 0 Å². The van der Waals surface area contributed by atoms with Crippen LogP contribution in [-0.4, -0.2) is 29.8 Å². The molecule has 22 heavy (non-hydrogen) atoms. The van der Waals surface area contributed by atoms with E-state index in [1.165, 1.54) is 0 Å². The van der Waals surface area contributed by atoms with Crippen molar-refractivity contribution in [2.75, 3.05) is 18.4 Å². The monoisotopic (exact) mass is 302 g/mol. The first-order valence-corrected chi connectivity index (χ1v) is 7.98. The van der Waals surface area contributed by atoms with E-state index >= 15 is 0 Å². The second-order valence-electron chi connectivity index (χ2n) is 6.92. The molecule has 0 atom stereocenters. The number of carbonyl (C=O) groups is 2. The van der Waals surface area contributed by atoms with Crippen LogP contribution in [0.2, 0.25) is 0 Å². The SMILES string of the molecule is Cc1ccc(NC(=O)C(C)(C)C(=O)N2CCC(C)CC2)cc1. The smallest absolute Gasteiger partial charge is 0.239 e. The molecule has 120 valence electrons. The largest absolute Gasteiger partial charge is 0.342 e. The summed E-state index contributed by atoms with van der Waals surface area (Å²) in [5.41, 5.74) is 0.811. The van der Waals surface area contributed by atoms with Crippen molar-refractivity contribution in [3.8, 4) is 0 Å². The van der Waals surface area contributed by atoms with Crippen molar-refractivity contribution in [2.24, 2.45) is 11.3 Å². The number of likely N-dealkylation sites (tertiary alicyclic amines) is 1. The molecule has 1 heterocycles. The van der Waals surface area contributed by atoms with E-state index in [1.807, 2.05) is 36.1 Å². The second-order valence-corrected chi connectivity index (χ2v) is 6.92. The minimum Gasteiger partial charge on any atom is -0.342 e. The highest BCUT2D eigenvalue weighted by Gasteiger charge is 2.39. The van der Waals surface area contributed by atoms with Gasteiger partial charge in [-0.1, -0.05) is 24.6 Å². The first-order chi connectivity index (χ1) is 10.3. The van der Waals surface area contributed by atoms with Gasteiger partial charge in [-0.05, 0) is 51.7 Å². The normalized spacial score (nSPS) is 16.5. The van der Waals surface area contributed by atoms with Gasteiger partial charge in [0.15, 0.2) is 0 Å². The maximum Gasteiger partial charge on any atom is 0.239 e. The number of amides is 2. The van der Waals surface area contributed by atoms with E-state index < -0.39 is 5.41 Å². The molecule has 2 rings (SSSR count). The molecule has 4 heteroatoms.